The molecule has 0 saturated carbocycles. The van der Waals surface area contributed by atoms with E-state index >= 15 is 0 Å². The summed E-state index contributed by atoms with van der Waals surface area (Å²) in [5.74, 6) is 0. The lowest BCUT2D eigenvalue weighted by atomic mass is 9.76. The van der Waals surface area contributed by atoms with Crippen LogP contribution in [0, 0.1) is 0 Å². The molecule has 6 aromatic rings. The Bertz CT molecular complexity index is 2350. The van der Waals surface area contributed by atoms with Crippen molar-refractivity contribution in [2.45, 2.75) is 31.7 Å². The Kier molecular flexibility index (Phi) is 7.20. The Morgan fingerprint density at radius 2 is 1.31 bits per heavy atom. The molecule has 1 aliphatic heterocycles. The number of nitrogens with zero attached hydrogens (tertiary/aromatic N) is 1. The number of fused-ring (bicyclic) bond motifs is 3. The summed E-state index contributed by atoms with van der Waals surface area (Å²) in [6.07, 6.45) is 21.5. The van der Waals surface area contributed by atoms with E-state index in [9.17, 15) is 0 Å². The smallest absolute Gasteiger partial charge is 0.0695 e. The Hall–Kier alpha value is -5.73. The number of aromatic nitrogens is 1. The molecule has 3 aliphatic rings. The molecule has 0 bridgehead atoms. The summed E-state index contributed by atoms with van der Waals surface area (Å²) < 4.78 is 0. The third kappa shape index (κ3) is 5.02. The van der Waals surface area contributed by atoms with Crippen LogP contribution in [-0.4, -0.2) is 4.98 Å². The molecule has 5 aromatic carbocycles. The average molecular weight is 617 g/mol. The van der Waals surface area contributed by atoms with Gasteiger partial charge < -0.3 is 5.32 Å². The fourth-order valence-corrected chi connectivity index (χ4v) is 7.95. The predicted molar refractivity (Wildman–Crippen MR) is 203 cm³/mol. The second-order valence-electron chi connectivity index (χ2n) is 13.0. The van der Waals surface area contributed by atoms with Crippen LogP contribution in [0.25, 0.3) is 55.5 Å². The number of nitrogens with one attached hydrogen (secondary N) is 1. The van der Waals surface area contributed by atoms with Crippen LogP contribution >= 0.6 is 0 Å². The van der Waals surface area contributed by atoms with Gasteiger partial charge in [0.25, 0.3) is 0 Å². The molecule has 0 radical (unpaired) electrons. The van der Waals surface area contributed by atoms with E-state index in [1.165, 1.54) is 77.2 Å². The lowest BCUT2D eigenvalue weighted by Crippen LogP contribution is -2.14. The van der Waals surface area contributed by atoms with Gasteiger partial charge in [0.2, 0.25) is 0 Å². The summed E-state index contributed by atoms with van der Waals surface area (Å²) in [5, 5.41) is 8.76. The summed E-state index contributed by atoms with van der Waals surface area (Å²) in [7, 11) is 0. The normalized spacial score (nSPS) is 17.0. The maximum Gasteiger partial charge on any atom is 0.0695 e. The van der Waals surface area contributed by atoms with Crippen LogP contribution in [0.4, 0.5) is 0 Å². The van der Waals surface area contributed by atoms with Gasteiger partial charge in [-0.25, -0.2) is 0 Å². The monoisotopic (exact) mass is 616 g/mol. The number of pyridine rings is 1. The van der Waals surface area contributed by atoms with Crippen LogP contribution in [0.1, 0.15) is 58.8 Å². The van der Waals surface area contributed by atoms with Gasteiger partial charge in [-0.15, -0.1) is 0 Å². The zero-order valence-corrected chi connectivity index (χ0v) is 26.9. The second-order valence-corrected chi connectivity index (χ2v) is 13.0. The van der Waals surface area contributed by atoms with Crippen molar-refractivity contribution in [2.75, 3.05) is 0 Å². The topological polar surface area (TPSA) is 24.9 Å². The number of allylic oxidation sites excluding steroid dienone is 7. The van der Waals surface area contributed by atoms with E-state index in [0.29, 0.717) is 0 Å². The summed E-state index contributed by atoms with van der Waals surface area (Å²) >= 11 is 0. The van der Waals surface area contributed by atoms with E-state index in [1.54, 1.807) is 0 Å². The lowest BCUT2D eigenvalue weighted by molar-refractivity contribution is 0.746. The van der Waals surface area contributed by atoms with Crippen molar-refractivity contribution < 1.29 is 0 Å². The highest BCUT2D eigenvalue weighted by atomic mass is 14.9. The number of rotatable bonds is 5. The summed E-state index contributed by atoms with van der Waals surface area (Å²) in [5.41, 5.74) is 14.7. The van der Waals surface area contributed by atoms with E-state index in [4.69, 9.17) is 0 Å². The van der Waals surface area contributed by atoms with Gasteiger partial charge in [0.05, 0.1) is 11.7 Å². The van der Waals surface area contributed by atoms with E-state index in [-0.39, 0.29) is 6.04 Å². The van der Waals surface area contributed by atoms with Crippen molar-refractivity contribution in [1.29, 1.82) is 0 Å². The van der Waals surface area contributed by atoms with Crippen LogP contribution in [0.3, 0.4) is 0 Å². The molecular weight excluding hydrogens is 581 g/mol. The molecule has 48 heavy (non-hydrogen) atoms. The molecule has 1 aromatic heterocycles. The molecule has 0 spiro atoms. The lowest BCUT2D eigenvalue weighted by Gasteiger charge is -2.28. The van der Waals surface area contributed by atoms with E-state index in [0.717, 1.165) is 31.4 Å². The summed E-state index contributed by atoms with van der Waals surface area (Å²) in [6, 6.07) is 40.2. The third-order valence-electron chi connectivity index (χ3n) is 10.3. The quantitative estimate of drug-likeness (QED) is 0.208. The van der Waals surface area contributed by atoms with Gasteiger partial charge in [-0.2, -0.15) is 0 Å². The molecule has 230 valence electrons. The molecule has 1 atom stereocenters. The molecule has 2 aliphatic carbocycles. The van der Waals surface area contributed by atoms with Crippen molar-refractivity contribution in [2.24, 2.45) is 0 Å². The molecule has 9 rings (SSSR count). The summed E-state index contributed by atoms with van der Waals surface area (Å²) in [6.45, 7) is 0. The molecule has 1 unspecified atom stereocenters. The van der Waals surface area contributed by atoms with Gasteiger partial charge in [0.1, 0.15) is 0 Å². The minimum Gasteiger partial charge on any atom is -0.381 e. The number of hydrogen-bond acceptors (Lipinski definition) is 2. The number of benzene rings is 5. The Balaban J connectivity index is 1.26. The molecule has 2 heterocycles. The standard InChI is InChI=1S/C46H36N2/c1-2-12-37-31(10-1)11-9-15-38(37)36-26-27-41-42(30-36)46(35-24-20-33(21-25-35)44-17-6-8-29-48-44)40-14-4-3-13-39(40)45(41)34-22-18-32(19-23-34)43-16-5-7-28-47-43/h1-18,20-22,24-25,28-30,44,48H,19,23,26-27H2. The first kappa shape index (κ1) is 28.5. The largest absolute Gasteiger partial charge is 0.381 e. The average Bonchev–Trinajstić information content (AvgIpc) is 3.17. The molecule has 0 amide bonds. The fourth-order valence-electron chi connectivity index (χ4n) is 7.95. The molecule has 2 heteroatoms. The molecule has 0 fully saturated rings. The van der Waals surface area contributed by atoms with Crippen LogP contribution < -0.4 is 5.32 Å². The van der Waals surface area contributed by atoms with Gasteiger partial charge in [-0.05, 0) is 127 Å². The first-order chi connectivity index (χ1) is 23.8. The van der Waals surface area contributed by atoms with E-state index in [1.807, 2.05) is 24.5 Å². The van der Waals surface area contributed by atoms with Crippen molar-refractivity contribution in [1.82, 2.24) is 10.3 Å². The van der Waals surface area contributed by atoms with Gasteiger partial charge >= 0.3 is 0 Å². The van der Waals surface area contributed by atoms with Gasteiger partial charge in [-0.1, -0.05) is 127 Å². The van der Waals surface area contributed by atoms with Gasteiger partial charge in [0.15, 0.2) is 0 Å². The van der Waals surface area contributed by atoms with E-state index < -0.39 is 0 Å². The zero-order chi connectivity index (χ0) is 31.9. The maximum absolute atomic E-state index is 4.64. The predicted octanol–water partition coefficient (Wildman–Crippen LogP) is 11.5. The van der Waals surface area contributed by atoms with Crippen molar-refractivity contribution in [3.8, 4) is 11.1 Å². The first-order valence-electron chi connectivity index (χ1n) is 17.1. The summed E-state index contributed by atoms with van der Waals surface area (Å²) in [4.78, 5) is 4.64. The molecular formula is C46H36N2. The highest BCUT2D eigenvalue weighted by molar-refractivity contribution is 6.11. The molecule has 1 N–H and O–H groups in total. The SMILES string of the molecule is C1=CNC(c2ccc(-c3c4c(c(C5=CC=C(c6ccccn6)CC5)c5ccccc35)CCC(c3cccc5ccccc35)=C4)cc2)C=C1. The fraction of sp³-hybridized carbons (Fsp3) is 0.109. The highest BCUT2D eigenvalue weighted by Crippen LogP contribution is 2.47. The minimum absolute atomic E-state index is 0.192. The van der Waals surface area contributed by atoms with Crippen molar-refractivity contribution >= 4 is 44.3 Å². The Morgan fingerprint density at radius 3 is 2.08 bits per heavy atom. The van der Waals surface area contributed by atoms with Crippen LogP contribution in [0.5, 0.6) is 0 Å². The first-order valence-corrected chi connectivity index (χ1v) is 17.1. The maximum atomic E-state index is 4.64. The highest BCUT2D eigenvalue weighted by Gasteiger charge is 2.26. The van der Waals surface area contributed by atoms with Gasteiger partial charge in [-0.3, -0.25) is 4.98 Å². The molecule has 0 saturated heterocycles. The van der Waals surface area contributed by atoms with Crippen LogP contribution in [0.15, 0.2) is 152 Å². The van der Waals surface area contributed by atoms with E-state index in [2.05, 4.69) is 144 Å². The Labute approximate surface area is 282 Å². The number of dihydropyridines is 1. The minimum atomic E-state index is 0.192. The Morgan fingerprint density at radius 1 is 0.583 bits per heavy atom. The van der Waals surface area contributed by atoms with Crippen molar-refractivity contribution in [3.05, 3.63) is 185 Å². The van der Waals surface area contributed by atoms with Crippen LogP contribution in [0.2, 0.25) is 0 Å². The van der Waals surface area contributed by atoms with Crippen LogP contribution in [-0.2, 0) is 6.42 Å². The zero-order valence-electron chi connectivity index (χ0n) is 26.9. The van der Waals surface area contributed by atoms with Crippen molar-refractivity contribution in [3.63, 3.8) is 0 Å². The number of hydrogen-bond donors (Lipinski definition) is 1. The molecule has 2 nitrogen and oxygen atoms in total. The second kappa shape index (κ2) is 12.1. The van der Waals surface area contributed by atoms with Gasteiger partial charge in [0, 0.05) is 6.20 Å². The third-order valence-corrected chi connectivity index (χ3v) is 10.3.